The van der Waals surface area contributed by atoms with Crippen LogP contribution in [0.3, 0.4) is 0 Å². The molecule has 4 heterocycles. The largest absolute Gasteiger partial charge is 0.299 e. The van der Waals surface area contributed by atoms with Crippen LogP contribution >= 0.6 is 11.6 Å². The van der Waals surface area contributed by atoms with Crippen molar-refractivity contribution < 1.29 is 8.42 Å². The highest BCUT2D eigenvalue weighted by molar-refractivity contribution is 7.89. The number of aromatic nitrogens is 4. The van der Waals surface area contributed by atoms with Crippen molar-refractivity contribution in [3.05, 3.63) is 57.5 Å². The third-order valence-corrected chi connectivity index (χ3v) is 6.77. The van der Waals surface area contributed by atoms with Crippen molar-refractivity contribution in [1.29, 1.82) is 0 Å². The summed E-state index contributed by atoms with van der Waals surface area (Å²) < 4.78 is 30.6. The first-order valence-corrected chi connectivity index (χ1v) is 9.95. The molecule has 0 bridgehead atoms. The molecule has 0 radical (unpaired) electrons. The van der Waals surface area contributed by atoms with Crippen molar-refractivity contribution >= 4 is 27.3 Å². The predicted molar refractivity (Wildman–Crippen MR) is 95.7 cm³/mol. The molecule has 0 unspecified atom stereocenters. The smallest absolute Gasteiger partial charge is 0.262 e. The average molecular weight is 394 g/mol. The number of hydrogen-bond donors (Lipinski definition) is 0. The number of sulfonamides is 1. The highest BCUT2D eigenvalue weighted by atomic mass is 35.5. The molecule has 136 valence electrons. The molecule has 1 aliphatic heterocycles. The Morgan fingerprint density at radius 3 is 2.88 bits per heavy atom. The fourth-order valence-electron chi connectivity index (χ4n) is 3.16. The number of halogens is 1. The quantitative estimate of drug-likeness (QED) is 0.669. The van der Waals surface area contributed by atoms with Crippen LogP contribution in [0.2, 0.25) is 5.15 Å². The first-order chi connectivity index (χ1) is 12.4. The van der Waals surface area contributed by atoms with Gasteiger partial charge in [0.25, 0.3) is 15.6 Å². The summed E-state index contributed by atoms with van der Waals surface area (Å²) in [7, 11) is -3.89. The molecule has 0 saturated heterocycles. The molecule has 0 saturated carbocycles. The molecule has 10 heteroatoms. The van der Waals surface area contributed by atoms with Crippen LogP contribution in [-0.4, -0.2) is 38.2 Å². The number of aryl methyl sites for hydroxylation is 1. The monoisotopic (exact) mass is 393 g/mol. The summed E-state index contributed by atoms with van der Waals surface area (Å²) in [5.74, 6) is 0. The molecular weight excluding hydrogens is 378 g/mol. The molecule has 0 N–H and O–H groups in total. The van der Waals surface area contributed by atoms with Crippen LogP contribution in [0.5, 0.6) is 0 Å². The van der Waals surface area contributed by atoms with Gasteiger partial charge in [-0.05, 0) is 25.5 Å². The van der Waals surface area contributed by atoms with E-state index in [2.05, 4.69) is 9.97 Å². The van der Waals surface area contributed by atoms with E-state index in [9.17, 15) is 13.2 Å². The zero-order valence-electron chi connectivity index (χ0n) is 14.0. The van der Waals surface area contributed by atoms with Crippen LogP contribution in [-0.2, 0) is 29.5 Å². The van der Waals surface area contributed by atoms with E-state index in [0.29, 0.717) is 29.9 Å². The normalized spacial score (nSPS) is 15.3. The summed E-state index contributed by atoms with van der Waals surface area (Å²) in [6, 6.07) is 5.16. The second kappa shape index (κ2) is 6.19. The molecule has 0 aliphatic carbocycles. The maximum Gasteiger partial charge on any atom is 0.262 e. The van der Waals surface area contributed by atoms with E-state index in [1.807, 2.05) is 6.92 Å². The van der Waals surface area contributed by atoms with Gasteiger partial charge in [0.2, 0.25) is 0 Å². The Balaban J connectivity index is 1.77. The van der Waals surface area contributed by atoms with Crippen molar-refractivity contribution in [3.8, 4) is 0 Å². The molecule has 0 amide bonds. The number of rotatable bonds is 3. The van der Waals surface area contributed by atoms with Gasteiger partial charge in [-0.1, -0.05) is 17.7 Å². The van der Waals surface area contributed by atoms with Crippen molar-refractivity contribution in [1.82, 2.24) is 23.2 Å². The van der Waals surface area contributed by atoms with E-state index < -0.39 is 10.0 Å². The minimum Gasteiger partial charge on any atom is -0.299 e. The lowest BCUT2D eigenvalue weighted by Crippen LogP contribution is -2.40. The summed E-state index contributed by atoms with van der Waals surface area (Å²) in [4.78, 5) is 20.8. The third-order valence-electron chi connectivity index (χ3n) is 4.53. The zero-order chi connectivity index (χ0) is 18.5. The minimum absolute atomic E-state index is 0.0356. The fraction of sp³-hybridized carbons (Fsp3) is 0.312. The van der Waals surface area contributed by atoms with Crippen LogP contribution in [0.1, 0.15) is 18.2 Å². The van der Waals surface area contributed by atoms with E-state index in [4.69, 9.17) is 11.6 Å². The second-order valence-corrected chi connectivity index (χ2v) is 8.20. The predicted octanol–water partition coefficient (Wildman–Crippen LogP) is 1.31. The molecule has 8 nitrogen and oxygen atoms in total. The van der Waals surface area contributed by atoms with E-state index >= 15 is 0 Å². The standard InChI is InChI=1S/C16H16ClN5O3S/c1-2-20-10-18-12-9-21(8-6-11(12)15(20)23)26(24,25)16-14(17)19-13-5-3-4-7-22(13)16/h3-5,7,10H,2,6,8-9H2,1H3. The highest BCUT2D eigenvalue weighted by Gasteiger charge is 2.34. The van der Waals surface area contributed by atoms with Gasteiger partial charge in [-0.3, -0.25) is 13.8 Å². The van der Waals surface area contributed by atoms with Crippen molar-refractivity contribution in [2.75, 3.05) is 6.54 Å². The molecule has 26 heavy (non-hydrogen) atoms. The lowest BCUT2D eigenvalue weighted by atomic mass is 10.1. The van der Waals surface area contributed by atoms with E-state index in [0.717, 1.165) is 0 Å². The Bertz CT molecular complexity index is 1170. The van der Waals surface area contributed by atoms with Crippen LogP contribution < -0.4 is 5.56 Å². The van der Waals surface area contributed by atoms with Crippen molar-refractivity contribution in [3.63, 3.8) is 0 Å². The molecule has 0 fully saturated rings. The molecule has 1 aliphatic rings. The SMILES string of the molecule is CCn1cnc2c(c1=O)CCN(S(=O)(=O)c1c(Cl)nc3ccccn13)C2. The van der Waals surface area contributed by atoms with Crippen LogP contribution in [0, 0.1) is 0 Å². The zero-order valence-corrected chi connectivity index (χ0v) is 15.5. The first-order valence-electron chi connectivity index (χ1n) is 8.13. The first kappa shape index (κ1) is 17.2. The Hall–Kier alpha value is -2.23. The average Bonchev–Trinajstić information content (AvgIpc) is 2.98. The van der Waals surface area contributed by atoms with Crippen LogP contribution in [0.4, 0.5) is 0 Å². The Morgan fingerprint density at radius 1 is 1.31 bits per heavy atom. The van der Waals surface area contributed by atoms with E-state index in [1.165, 1.54) is 19.6 Å². The maximum atomic E-state index is 13.2. The van der Waals surface area contributed by atoms with Gasteiger partial charge in [0.05, 0.1) is 18.6 Å². The molecule has 3 aromatic rings. The molecule has 0 spiro atoms. The second-order valence-electron chi connectivity index (χ2n) is 5.99. The van der Waals surface area contributed by atoms with Gasteiger partial charge in [-0.15, -0.1) is 0 Å². The van der Waals surface area contributed by atoms with E-state index in [1.54, 1.807) is 24.4 Å². The summed E-state index contributed by atoms with van der Waals surface area (Å²) >= 11 is 6.13. The lowest BCUT2D eigenvalue weighted by molar-refractivity contribution is 0.379. The summed E-state index contributed by atoms with van der Waals surface area (Å²) in [5, 5.41) is -0.142. The van der Waals surface area contributed by atoms with Gasteiger partial charge in [0.15, 0.2) is 10.2 Å². The number of nitrogens with zero attached hydrogens (tertiary/aromatic N) is 5. The summed E-state index contributed by atoms with van der Waals surface area (Å²) in [6.07, 6.45) is 3.38. The van der Waals surface area contributed by atoms with Gasteiger partial charge in [0, 0.05) is 24.8 Å². The van der Waals surface area contributed by atoms with Gasteiger partial charge in [0.1, 0.15) is 5.65 Å². The number of imidazole rings is 1. The van der Waals surface area contributed by atoms with Crippen LogP contribution in [0.25, 0.3) is 5.65 Å². The topological polar surface area (TPSA) is 89.6 Å². The molecular formula is C16H16ClN5O3S. The van der Waals surface area contributed by atoms with Gasteiger partial charge in [-0.2, -0.15) is 4.31 Å². The highest BCUT2D eigenvalue weighted by Crippen LogP contribution is 2.28. The minimum atomic E-state index is -3.89. The van der Waals surface area contributed by atoms with Crippen LogP contribution in [0.15, 0.2) is 40.5 Å². The lowest BCUT2D eigenvalue weighted by Gasteiger charge is -2.27. The van der Waals surface area contributed by atoms with Gasteiger partial charge in [-0.25, -0.2) is 18.4 Å². The number of pyridine rings is 1. The Morgan fingerprint density at radius 2 is 2.12 bits per heavy atom. The maximum absolute atomic E-state index is 13.2. The van der Waals surface area contributed by atoms with Gasteiger partial charge >= 0.3 is 0 Å². The van der Waals surface area contributed by atoms with Crippen molar-refractivity contribution in [2.24, 2.45) is 0 Å². The van der Waals surface area contributed by atoms with E-state index in [-0.39, 0.29) is 28.8 Å². The third kappa shape index (κ3) is 2.54. The Labute approximate surface area is 154 Å². The van der Waals surface area contributed by atoms with Gasteiger partial charge < -0.3 is 0 Å². The van der Waals surface area contributed by atoms with Crippen molar-refractivity contribution in [2.45, 2.75) is 31.5 Å². The molecule has 3 aromatic heterocycles. The molecule has 4 rings (SSSR count). The fourth-order valence-corrected chi connectivity index (χ4v) is 5.16. The number of fused-ring (bicyclic) bond motifs is 2. The molecule has 0 atom stereocenters. The summed E-state index contributed by atoms with van der Waals surface area (Å²) in [6.45, 7) is 2.62. The summed E-state index contributed by atoms with van der Waals surface area (Å²) in [5.41, 5.74) is 1.41. The molecule has 0 aromatic carbocycles. The number of hydrogen-bond acceptors (Lipinski definition) is 5. The Kier molecular flexibility index (Phi) is 4.09.